The van der Waals surface area contributed by atoms with E-state index in [0.29, 0.717) is 43.3 Å². The van der Waals surface area contributed by atoms with Crippen LogP contribution in [0.1, 0.15) is 38.2 Å². The molecule has 6 nitrogen and oxygen atoms in total. The Bertz CT molecular complexity index is 840. The van der Waals surface area contributed by atoms with Gasteiger partial charge in [-0.1, -0.05) is 38.1 Å². The fourth-order valence-corrected chi connectivity index (χ4v) is 3.39. The van der Waals surface area contributed by atoms with E-state index in [1.54, 1.807) is 23.1 Å². The molecule has 154 valence electrons. The molecule has 0 spiro atoms. The Balaban J connectivity index is 1.44. The average Bonchev–Trinajstić information content (AvgIpc) is 2.74. The first kappa shape index (κ1) is 20.7. The Labute approximate surface area is 171 Å². The highest BCUT2D eigenvalue weighted by atomic mass is 16.5. The lowest BCUT2D eigenvalue weighted by atomic mass is 9.95. The maximum Gasteiger partial charge on any atom is 0.260 e. The minimum absolute atomic E-state index is 0.00419. The van der Waals surface area contributed by atoms with Crippen molar-refractivity contribution in [1.82, 2.24) is 4.90 Å². The number of hydrogen-bond acceptors (Lipinski definition) is 4. The van der Waals surface area contributed by atoms with Crippen LogP contribution in [0.25, 0.3) is 0 Å². The van der Waals surface area contributed by atoms with Gasteiger partial charge in [0, 0.05) is 19.0 Å². The Morgan fingerprint density at radius 1 is 1.10 bits per heavy atom. The highest BCUT2D eigenvalue weighted by Crippen LogP contribution is 2.25. The van der Waals surface area contributed by atoms with Crippen molar-refractivity contribution in [2.75, 3.05) is 25.0 Å². The molecule has 0 saturated carbocycles. The molecule has 1 saturated heterocycles. The van der Waals surface area contributed by atoms with Gasteiger partial charge >= 0.3 is 0 Å². The smallest absolute Gasteiger partial charge is 0.260 e. The number of phenolic OH excluding ortho intramolecular Hbond substituents is 1. The van der Waals surface area contributed by atoms with Crippen LogP contribution in [-0.4, -0.2) is 41.5 Å². The number of rotatable bonds is 6. The van der Waals surface area contributed by atoms with Gasteiger partial charge in [0.2, 0.25) is 5.91 Å². The molecule has 0 aromatic heterocycles. The second-order valence-electron chi connectivity index (χ2n) is 7.67. The molecule has 0 radical (unpaired) electrons. The summed E-state index contributed by atoms with van der Waals surface area (Å²) >= 11 is 0. The van der Waals surface area contributed by atoms with E-state index in [1.165, 1.54) is 11.6 Å². The standard InChI is InChI=1S/C23H28N2O4/c1-16(2)17-7-9-19(10-8-17)29-15-22(27)25-13-11-18(12-14-25)23(28)24-20-5-3-4-6-21(20)26/h3-10,16,18,26H,11-15H2,1-2H3,(H,24,28). The Kier molecular flexibility index (Phi) is 6.75. The highest BCUT2D eigenvalue weighted by Gasteiger charge is 2.27. The van der Waals surface area contributed by atoms with Gasteiger partial charge in [-0.2, -0.15) is 0 Å². The summed E-state index contributed by atoms with van der Waals surface area (Å²) in [5, 5.41) is 12.6. The molecule has 0 bridgehead atoms. The van der Waals surface area contributed by atoms with E-state index in [0.717, 1.165) is 0 Å². The maximum atomic E-state index is 12.4. The van der Waals surface area contributed by atoms with Gasteiger partial charge in [0.1, 0.15) is 11.5 Å². The van der Waals surface area contributed by atoms with Crippen molar-refractivity contribution in [3.05, 3.63) is 54.1 Å². The third-order valence-electron chi connectivity index (χ3n) is 5.29. The summed E-state index contributed by atoms with van der Waals surface area (Å²) in [4.78, 5) is 26.6. The first-order valence-corrected chi connectivity index (χ1v) is 10.0. The van der Waals surface area contributed by atoms with Crippen molar-refractivity contribution in [3.63, 3.8) is 0 Å². The lowest BCUT2D eigenvalue weighted by Gasteiger charge is -2.31. The minimum Gasteiger partial charge on any atom is -0.506 e. The zero-order chi connectivity index (χ0) is 20.8. The minimum atomic E-state index is -0.178. The van der Waals surface area contributed by atoms with Crippen molar-refractivity contribution in [2.24, 2.45) is 5.92 Å². The van der Waals surface area contributed by atoms with E-state index >= 15 is 0 Å². The molecule has 0 atom stereocenters. The van der Waals surface area contributed by atoms with E-state index < -0.39 is 0 Å². The number of phenols is 1. The topological polar surface area (TPSA) is 78.9 Å². The van der Waals surface area contributed by atoms with Crippen molar-refractivity contribution in [3.8, 4) is 11.5 Å². The molecule has 1 heterocycles. The van der Waals surface area contributed by atoms with E-state index in [-0.39, 0.29) is 30.1 Å². The molecule has 0 unspecified atom stereocenters. The Morgan fingerprint density at radius 3 is 2.38 bits per heavy atom. The number of benzene rings is 2. The van der Waals surface area contributed by atoms with Gasteiger partial charge < -0.3 is 20.1 Å². The number of nitrogens with one attached hydrogen (secondary N) is 1. The molecule has 1 aliphatic heterocycles. The summed E-state index contributed by atoms with van der Waals surface area (Å²) in [5.74, 6) is 0.808. The number of carbonyl (C=O) groups is 2. The van der Waals surface area contributed by atoms with E-state index in [2.05, 4.69) is 19.2 Å². The maximum absolute atomic E-state index is 12.4. The normalized spacial score (nSPS) is 14.7. The van der Waals surface area contributed by atoms with Crippen molar-refractivity contribution < 1.29 is 19.4 Å². The van der Waals surface area contributed by atoms with Gasteiger partial charge in [0.05, 0.1) is 5.69 Å². The molecule has 1 aliphatic rings. The SMILES string of the molecule is CC(C)c1ccc(OCC(=O)N2CCC(C(=O)Nc3ccccc3O)CC2)cc1. The van der Waals surface area contributed by atoms with Gasteiger partial charge in [0.25, 0.3) is 5.91 Å². The number of nitrogens with zero attached hydrogens (tertiary/aromatic N) is 1. The molecular weight excluding hydrogens is 368 g/mol. The molecule has 0 aliphatic carbocycles. The largest absolute Gasteiger partial charge is 0.506 e. The van der Waals surface area contributed by atoms with Crippen LogP contribution in [0.15, 0.2) is 48.5 Å². The van der Waals surface area contributed by atoms with Crippen LogP contribution in [0, 0.1) is 5.92 Å². The number of likely N-dealkylation sites (tertiary alicyclic amines) is 1. The number of anilines is 1. The van der Waals surface area contributed by atoms with Crippen molar-refractivity contribution in [1.29, 1.82) is 0 Å². The van der Waals surface area contributed by atoms with Crippen LogP contribution < -0.4 is 10.1 Å². The molecular formula is C23H28N2O4. The molecule has 1 fully saturated rings. The number of hydrogen-bond donors (Lipinski definition) is 2. The third kappa shape index (κ3) is 5.50. The van der Waals surface area contributed by atoms with Gasteiger partial charge in [-0.05, 0) is 48.6 Å². The summed E-state index contributed by atoms with van der Waals surface area (Å²) in [5.41, 5.74) is 1.64. The third-order valence-corrected chi connectivity index (χ3v) is 5.29. The fourth-order valence-electron chi connectivity index (χ4n) is 3.39. The number of carbonyl (C=O) groups excluding carboxylic acids is 2. The number of para-hydroxylation sites is 2. The lowest BCUT2D eigenvalue weighted by molar-refractivity contribution is -0.136. The predicted octanol–water partition coefficient (Wildman–Crippen LogP) is 3.77. The van der Waals surface area contributed by atoms with Crippen LogP contribution in [0.4, 0.5) is 5.69 Å². The van der Waals surface area contributed by atoms with Crippen LogP contribution in [0.5, 0.6) is 11.5 Å². The first-order valence-electron chi connectivity index (χ1n) is 10.0. The molecule has 29 heavy (non-hydrogen) atoms. The number of aromatic hydroxyl groups is 1. The molecule has 2 N–H and O–H groups in total. The Morgan fingerprint density at radius 2 is 1.76 bits per heavy atom. The number of ether oxygens (including phenoxy) is 1. The number of piperidine rings is 1. The van der Waals surface area contributed by atoms with Crippen LogP contribution >= 0.6 is 0 Å². The molecule has 6 heteroatoms. The van der Waals surface area contributed by atoms with Crippen LogP contribution in [-0.2, 0) is 9.59 Å². The summed E-state index contributed by atoms with van der Waals surface area (Å²) in [6, 6.07) is 14.5. The van der Waals surface area contributed by atoms with E-state index in [4.69, 9.17) is 4.74 Å². The predicted molar refractivity (Wildman–Crippen MR) is 112 cm³/mol. The summed E-state index contributed by atoms with van der Waals surface area (Å²) in [6.07, 6.45) is 1.18. The molecule has 2 amide bonds. The molecule has 2 aromatic carbocycles. The first-order chi connectivity index (χ1) is 13.9. The second kappa shape index (κ2) is 9.45. The van der Waals surface area contributed by atoms with E-state index in [9.17, 15) is 14.7 Å². The van der Waals surface area contributed by atoms with Crippen LogP contribution in [0.3, 0.4) is 0 Å². The monoisotopic (exact) mass is 396 g/mol. The highest BCUT2D eigenvalue weighted by molar-refractivity contribution is 5.94. The van der Waals surface area contributed by atoms with Crippen LogP contribution in [0.2, 0.25) is 0 Å². The zero-order valence-corrected chi connectivity index (χ0v) is 16.9. The Hall–Kier alpha value is -3.02. The fraction of sp³-hybridized carbons (Fsp3) is 0.391. The average molecular weight is 396 g/mol. The quantitative estimate of drug-likeness (QED) is 0.729. The molecule has 2 aromatic rings. The summed E-state index contributed by atoms with van der Waals surface area (Å²) in [7, 11) is 0. The van der Waals surface area contributed by atoms with Crippen molar-refractivity contribution in [2.45, 2.75) is 32.6 Å². The van der Waals surface area contributed by atoms with Gasteiger partial charge in [-0.3, -0.25) is 9.59 Å². The summed E-state index contributed by atoms with van der Waals surface area (Å²) in [6.45, 7) is 5.30. The number of amides is 2. The van der Waals surface area contributed by atoms with Crippen molar-refractivity contribution >= 4 is 17.5 Å². The van der Waals surface area contributed by atoms with Gasteiger partial charge in [-0.25, -0.2) is 0 Å². The van der Waals surface area contributed by atoms with Gasteiger partial charge in [0.15, 0.2) is 6.61 Å². The summed E-state index contributed by atoms with van der Waals surface area (Å²) < 4.78 is 5.62. The lowest BCUT2D eigenvalue weighted by Crippen LogP contribution is -2.43. The van der Waals surface area contributed by atoms with Gasteiger partial charge in [-0.15, -0.1) is 0 Å². The van der Waals surface area contributed by atoms with E-state index in [1.807, 2.05) is 24.3 Å². The molecule has 3 rings (SSSR count). The zero-order valence-electron chi connectivity index (χ0n) is 16.9. The second-order valence-corrected chi connectivity index (χ2v) is 7.67.